The minimum atomic E-state index is -0.274. The SMILES string of the molecule is CC(C)NC(=O)c1ccc(Cl)cc1NC(=O)Cc1csc(-c2cccnc2)n1. The lowest BCUT2D eigenvalue weighted by Crippen LogP contribution is -2.31. The summed E-state index contributed by atoms with van der Waals surface area (Å²) < 4.78 is 0. The number of carbonyl (C=O) groups excluding carboxylic acids is 2. The standard InChI is InChI=1S/C20H19ClN4O2S/c1-12(2)23-19(27)16-6-5-14(21)8-17(16)25-18(26)9-15-11-28-20(24-15)13-4-3-7-22-10-13/h3-8,10-12H,9H2,1-2H3,(H,23,27)(H,25,26). The van der Waals surface area contributed by atoms with E-state index in [0.29, 0.717) is 22.0 Å². The van der Waals surface area contributed by atoms with E-state index in [1.54, 1.807) is 30.6 Å². The van der Waals surface area contributed by atoms with E-state index in [2.05, 4.69) is 20.6 Å². The second kappa shape index (κ2) is 8.95. The van der Waals surface area contributed by atoms with Crippen LogP contribution in [0.25, 0.3) is 10.6 Å². The van der Waals surface area contributed by atoms with Gasteiger partial charge in [-0.1, -0.05) is 11.6 Å². The van der Waals surface area contributed by atoms with Crippen molar-refractivity contribution in [2.75, 3.05) is 5.32 Å². The van der Waals surface area contributed by atoms with Gasteiger partial charge in [-0.2, -0.15) is 0 Å². The Morgan fingerprint density at radius 1 is 1.25 bits per heavy atom. The Balaban J connectivity index is 1.72. The largest absolute Gasteiger partial charge is 0.350 e. The molecule has 0 bridgehead atoms. The van der Waals surface area contributed by atoms with E-state index in [0.717, 1.165) is 10.6 Å². The number of hydrogen-bond acceptors (Lipinski definition) is 5. The first-order chi connectivity index (χ1) is 13.4. The molecule has 2 N–H and O–H groups in total. The Morgan fingerprint density at radius 2 is 2.07 bits per heavy atom. The van der Waals surface area contributed by atoms with Gasteiger partial charge in [-0.3, -0.25) is 14.6 Å². The van der Waals surface area contributed by atoms with E-state index in [4.69, 9.17) is 11.6 Å². The molecule has 0 spiro atoms. The number of carbonyl (C=O) groups is 2. The summed E-state index contributed by atoms with van der Waals surface area (Å²) >= 11 is 7.49. The fourth-order valence-electron chi connectivity index (χ4n) is 2.53. The van der Waals surface area contributed by atoms with Crippen molar-refractivity contribution in [1.82, 2.24) is 15.3 Å². The molecular weight excluding hydrogens is 396 g/mol. The van der Waals surface area contributed by atoms with Crippen molar-refractivity contribution in [2.45, 2.75) is 26.3 Å². The molecule has 0 radical (unpaired) electrons. The minimum absolute atomic E-state index is 0.0207. The van der Waals surface area contributed by atoms with Crippen molar-refractivity contribution < 1.29 is 9.59 Å². The molecule has 2 heterocycles. The van der Waals surface area contributed by atoms with Gasteiger partial charge in [-0.05, 0) is 44.2 Å². The lowest BCUT2D eigenvalue weighted by molar-refractivity contribution is -0.115. The molecular formula is C20H19ClN4O2S. The van der Waals surface area contributed by atoms with Crippen LogP contribution in [0.5, 0.6) is 0 Å². The highest BCUT2D eigenvalue weighted by molar-refractivity contribution is 7.13. The van der Waals surface area contributed by atoms with E-state index in [9.17, 15) is 9.59 Å². The minimum Gasteiger partial charge on any atom is -0.350 e. The molecule has 0 unspecified atom stereocenters. The quantitative estimate of drug-likeness (QED) is 0.633. The van der Waals surface area contributed by atoms with Crippen LogP contribution in [0, 0.1) is 0 Å². The number of halogens is 1. The Kier molecular flexibility index (Phi) is 6.38. The van der Waals surface area contributed by atoms with Gasteiger partial charge in [0, 0.05) is 34.4 Å². The first kappa shape index (κ1) is 20.0. The lowest BCUT2D eigenvalue weighted by Gasteiger charge is -2.13. The van der Waals surface area contributed by atoms with E-state index in [1.165, 1.54) is 11.3 Å². The zero-order valence-corrected chi connectivity index (χ0v) is 17.0. The molecule has 0 saturated carbocycles. The van der Waals surface area contributed by atoms with Gasteiger partial charge in [0.25, 0.3) is 5.91 Å². The number of nitrogens with zero attached hydrogens (tertiary/aromatic N) is 2. The summed E-state index contributed by atoms with van der Waals surface area (Å²) in [5, 5.41) is 8.66. The molecule has 144 valence electrons. The molecule has 0 aliphatic carbocycles. The third-order valence-electron chi connectivity index (χ3n) is 3.72. The first-order valence-electron chi connectivity index (χ1n) is 8.67. The Bertz CT molecular complexity index is 989. The number of rotatable bonds is 6. The maximum atomic E-state index is 12.5. The van der Waals surface area contributed by atoms with Crippen LogP contribution < -0.4 is 10.6 Å². The fraction of sp³-hybridized carbons (Fsp3) is 0.200. The zero-order chi connectivity index (χ0) is 20.1. The van der Waals surface area contributed by atoms with Crippen LogP contribution in [0.15, 0.2) is 48.1 Å². The summed E-state index contributed by atoms with van der Waals surface area (Å²) in [6, 6.07) is 8.52. The highest BCUT2D eigenvalue weighted by Gasteiger charge is 2.16. The molecule has 8 heteroatoms. The Hall–Kier alpha value is -2.77. The predicted molar refractivity (Wildman–Crippen MR) is 112 cm³/mol. The number of nitrogens with one attached hydrogen (secondary N) is 2. The second-order valence-electron chi connectivity index (χ2n) is 6.43. The average molecular weight is 415 g/mol. The number of benzene rings is 1. The van der Waals surface area contributed by atoms with Crippen molar-refractivity contribution in [3.8, 4) is 10.6 Å². The van der Waals surface area contributed by atoms with Crippen LogP contribution in [-0.4, -0.2) is 27.8 Å². The topological polar surface area (TPSA) is 84.0 Å². The van der Waals surface area contributed by atoms with Gasteiger partial charge < -0.3 is 10.6 Å². The van der Waals surface area contributed by atoms with Gasteiger partial charge in [0.05, 0.1) is 23.4 Å². The molecule has 0 aliphatic rings. The lowest BCUT2D eigenvalue weighted by atomic mass is 10.1. The summed E-state index contributed by atoms with van der Waals surface area (Å²) in [6.07, 6.45) is 3.52. The van der Waals surface area contributed by atoms with Crippen LogP contribution in [0.4, 0.5) is 5.69 Å². The van der Waals surface area contributed by atoms with Gasteiger partial charge in [0.15, 0.2) is 0 Å². The molecule has 1 aromatic carbocycles. The maximum absolute atomic E-state index is 12.5. The van der Waals surface area contributed by atoms with E-state index in [-0.39, 0.29) is 24.3 Å². The third kappa shape index (κ3) is 5.15. The molecule has 6 nitrogen and oxygen atoms in total. The van der Waals surface area contributed by atoms with Crippen LogP contribution in [0.2, 0.25) is 5.02 Å². The number of amides is 2. The van der Waals surface area contributed by atoms with E-state index in [1.807, 2.05) is 31.4 Å². The van der Waals surface area contributed by atoms with Crippen molar-refractivity contribution in [3.05, 3.63) is 64.4 Å². The van der Waals surface area contributed by atoms with Crippen LogP contribution in [-0.2, 0) is 11.2 Å². The number of aromatic nitrogens is 2. The maximum Gasteiger partial charge on any atom is 0.253 e. The average Bonchev–Trinajstić information content (AvgIpc) is 3.10. The van der Waals surface area contributed by atoms with Gasteiger partial charge in [0.1, 0.15) is 5.01 Å². The van der Waals surface area contributed by atoms with Crippen molar-refractivity contribution in [2.24, 2.45) is 0 Å². The summed E-state index contributed by atoms with van der Waals surface area (Å²) in [6.45, 7) is 3.74. The monoisotopic (exact) mass is 414 g/mol. The molecule has 3 aromatic rings. The number of anilines is 1. The normalized spacial score (nSPS) is 10.7. The smallest absolute Gasteiger partial charge is 0.253 e. The first-order valence-corrected chi connectivity index (χ1v) is 9.93. The Labute approximate surface area is 172 Å². The van der Waals surface area contributed by atoms with Crippen LogP contribution in [0.3, 0.4) is 0 Å². The molecule has 28 heavy (non-hydrogen) atoms. The van der Waals surface area contributed by atoms with E-state index < -0.39 is 0 Å². The molecule has 2 aromatic heterocycles. The van der Waals surface area contributed by atoms with Crippen molar-refractivity contribution >= 4 is 40.4 Å². The molecule has 0 saturated heterocycles. The Morgan fingerprint density at radius 3 is 2.79 bits per heavy atom. The second-order valence-corrected chi connectivity index (χ2v) is 7.72. The molecule has 0 fully saturated rings. The van der Waals surface area contributed by atoms with Gasteiger partial charge in [-0.25, -0.2) is 4.98 Å². The number of hydrogen-bond donors (Lipinski definition) is 2. The summed E-state index contributed by atoms with van der Waals surface area (Å²) in [7, 11) is 0. The summed E-state index contributed by atoms with van der Waals surface area (Å²) in [5.41, 5.74) is 2.29. The summed E-state index contributed by atoms with van der Waals surface area (Å²) in [4.78, 5) is 33.4. The van der Waals surface area contributed by atoms with Crippen LogP contribution in [0.1, 0.15) is 29.9 Å². The zero-order valence-electron chi connectivity index (χ0n) is 15.4. The van der Waals surface area contributed by atoms with Crippen LogP contribution >= 0.6 is 22.9 Å². The summed E-state index contributed by atoms with van der Waals surface area (Å²) in [5.74, 6) is -0.543. The van der Waals surface area contributed by atoms with Gasteiger partial charge >= 0.3 is 0 Å². The molecule has 2 amide bonds. The highest BCUT2D eigenvalue weighted by Crippen LogP contribution is 2.24. The molecule has 0 atom stereocenters. The van der Waals surface area contributed by atoms with Gasteiger partial charge in [-0.15, -0.1) is 11.3 Å². The van der Waals surface area contributed by atoms with Crippen molar-refractivity contribution in [1.29, 1.82) is 0 Å². The molecule has 3 rings (SSSR count). The highest BCUT2D eigenvalue weighted by atomic mass is 35.5. The number of pyridine rings is 1. The van der Waals surface area contributed by atoms with E-state index >= 15 is 0 Å². The predicted octanol–water partition coefficient (Wildman–Crippen LogP) is 4.18. The third-order valence-corrected chi connectivity index (χ3v) is 4.90. The molecule has 0 aliphatic heterocycles. The fourth-order valence-corrected chi connectivity index (χ4v) is 3.51. The number of thiazole rings is 1. The van der Waals surface area contributed by atoms with Gasteiger partial charge in [0.2, 0.25) is 5.91 Å². The van der Waals surface area contributed by atoms with Crippen molar-refractivity contribution in [3.63, 3.8) is 0 Å².